The number of amides is 1. The van der Waals surface area contributed by atoms with Crippen molar-refractivity contribution >= 4 is 5.91 Å². The fraction of sp³-hybridized carbons (Fsp3) is 0.500. The smallest absolute Gasteiger partial charge is 0.251 e. The molecule has 0 radical (unpaired) electrons. The Morgan fingerprint density at radius 1 is 1.44 bits per heavy atom. The average molecular weight is 248 g/mol. The minimum absolute atomic E-state index is 0.0179. The van der Waals surface area contributed by atoms with E-state index in [-0.39, 0.29) is 5.91 Å². The van der Waals surface area contributed by atoms with Gasteiger partial charge in [0, 0.05) is 18.2 Å². The standard InChI is InChI=1S/C14H20N2O2/c1-18-13-6-4-11(5-7-13)14(17)16-10-8-12-3-2-9-15-12/h4-7,12,15H,2-3,8-10H2,1H3,(H,16,17). The molecule has 2 rings (SSSR count). The Kier molecular flexibility index (Phi) is 4.59. The van der Waals surface area contributed by atoms with Gasteiger partial charge in [0.2, 0.25) is 0 Å². The largest absolute Gasteiger partial charge is 0.497 e. The first kappa shape index (κ1) is 12.9. The van der Waals surface area contributed by atoms with Crippen LogP contribution in [0.2, 0.25) is 0 Å². The molecule has 1 unspecified atom stereocenters. The highest BCUT2D eigenvalue weighted by atomic mass is 16.5. The number of hydrogen-bond acceptors (Lipinski definition) is 3. The zero-order valence-corrected chi connectivity index (χ0v) is 10.7. The van der Waals surface area contributed by atoms with E-state index in [1.165, 1.54) is 12.8 Å². The summed E-state index contributed by atoms with van der Waals surface area (Å²) in [4.78, 5) is 11.8. The highest BCUT2D eigenvalue weighted by molar-refractivity contribution is 5.94. The number of hydrogen-bond donors (Lipinski definition) is 2. The van der Waals surface area contributed by atoms with Gasteiger partial charge in [0.15, 0.2) is 0 Å². The number of carbonyl (C=O) groups is 1. The monoisotopic (exact) mass is 248 g/mol. The maximum Gasteiger partial charge on any atom is 0.251 e. The van der Waals surface area contributed by atoms with Crippen LogP contribution in [0, 0.1) is 0 Å². The van der Waals surface area contributed by atoms with Crippen molar-refractivity contribution in [2.75, 3.05) is 20.2 Å². The molecule has 0 aromatic heterocycles. The van der Waals surface area contributed by atoms with E-state index in [4.69, 9.17) is 4.74 Å². The van der Waals surface area contributed by atoms with Gasteiger partial charge in [0.25, 0.3) is 5.91 Å². The highest BCUT2D eigenvalue weighted by Crippen LogP contribution is 2.11. The molecular formula is C14H20N2O2. The summed E-state index contributed by atoms with van der Waals surface area (Å²) in [5.74, 6) is 0.748. The van der Waals surface area contributed by atoms with Gasteiger partial charge in [0.05, 0.1) is 7.11 Å². The van der Waals surface area contributed by atoms with Gasteiger partial charge in [-0.15, -0.1) is 0 Å². The third kappa shape index (κ3) is 3.47. The van der Waals surface area contributed by atoms with Gasteiger partial charge in [-0.3, -0.25) is 4.79 Å². The van der Waals surface area contributed by atoms with Crippen molar-refractivity contribution in [1.29, 1.82) is 0 Å². The zero-order valence-electron chi connectivity index (χ0n) is 10.7. The predicted molar refractivity (Wildman–Crippen MR) is 71.0 cm³/mol. The van der Waals surface area contributed by atoms with Crippen molar-refractivity contribution in [3.05, 3.63) is 29.8 Å². The molecule has 0 bridgehead atoms. The fourth-order valence-electron chi connectivity index (χ4n) is 2.21. The molecule has 2 N–H and O–H groups in total. The quantitative estimate of drug-likeness (QED) is 0.831. The van der Waals surface area contributed by atoms with E-state index in [1.54, 1.807) is 31.4 Å². The van der Waals surface area contributed by atoms with Crippen molar-refractivity contribution in [1.82, 2.24) is 10.6 Å². The van der Waals surface area contributed by atoms with Gasteiger partial charge in [-0.2, -0.15) is 0 Å². The van der Waals surface area contributed by atoms with Crippen LogP contribution < -0.4 is 15.4 Å². The van der Waals surface area contributed by atoms with E-state index in [0.717, 1.165) is 25.3 Å². The van der Waals surface area contributed by atoms with E-state index in [1.807, 2.05) is 0 Å². The van der Waals surface area contributed by atoms with Crippen LogP contribution in [0.15, 0.2) is 24.3 Å². The summed E-state index contributed by atoms with van der Waals surface area (Å²) in [7, 11) is 1.61. The van der Waals surface area contributed by atoms with Crippen molar-refractivity contribution in [2.45, 2.75) is 25.3 Å². The maximum atomic E-state index is 11.8. The van der Waals surface area contributed by atoms with Crippen molar-refractivity contribution < 1.29 is 9.53 Å². The Balaban J connectivity index is 1.76. The van der Waals surface area contributed by atoms with Crippen LogP contribution in [0.3, 0.4) is 0 Å². The first-order valence-corrected chi connectivity index (χ1v) is 6.45. The van der Waals surface area contributed by atoms with Crippen LogP contribution in [0.5, 0.6) is 5.75 Å². The fourth-order valence-corrected chi connectivity index (χ4v) is 2.21. The van der Waals surface area contributed by atoms with Gasteiger partial charge in [-0.1, -0.05) is 0 Å². The SMILES string of the molecule is COc1ccc(C(=O)NCCC2CCCN2)cc1. The van der Waals surface area contributed by atoms with E-state index in [2.05, 4.69) is 10.6 Å². The molecular weight excluding hydrogens is 228 g/mol. The molecule has 1 fully saturated rings. The number of ether oxygens (including phenoxy) is 1. The molecule has 0 saturated carbocycles. The highest BCUT2D eigenvalue weighted by Gasteiger charge is 2.13. The van der Waals surface area contributed by atoms with E-state index in [0.29, 0.717) is 11.6 Å². The Morgan fingerprint density at radius 3 is 2.83 bits per heavy atom. The Labute approximate surface area is 108 Å². The molecule has 0 aliphatic carbocycles. The minimum atomic E-state index is -0.0179. The second kappa shape index (κ2) is 6.40. The van der Waals surface area contributed by atoms with Crippen molar-refractivity contribution in [2.24, 2.45) is 0 Å². The van der Waals surface area contributed by atoms with Gasteiger partial charge in [-0.05, 0) is 50.1 Å². The first-order chi connectivity index (χ1) is 8.79. The summed E-state index contributed by atoms with van der Waals surface area (Å²) in [6.45, 7) is 1.83. The lowest BCUT2D eigenvalue weighted by molar-refractivity contribution is 0.0952. The Bertz CT molecular complexity index is 383. The lowest BCUT2D eigenvalue weighted by atomic mass is 10.1. The molecule has 98 valence electrons. The molecule has 1 aliphatic heterocycles. The molecule has 1 atom stereocenters. The molecule has 4 heteroatoms. The summed E-state index contributed by atoms with van der Waals surface area (Å²) < 4.78 is 5.06. The third-order valence-electron chi connectivity index (χ3n) is 3.29. The predicted octanol–water partition coefficient (Wildman–Crippen LogP) is 1.57. The lowest BCUT2D eigenvalue weighted by Crippen LogP contribution is -2.30. The summed E-state index contributed by atoms with van der Waals surface area (Å²) in [6.07, 6.45) is 3.47. The van der Waals surface area contributed by atoms with Gasteiger partial charge >= 0.3 is 0 Å². The zero-order chi connectivity index (χ0) is 12.8. The van der Waals surface area contributed by atoms with Crippen LogP contribution in [0.1, 0.15) is 29.6 Å². The van der Waals surface area contributed by atoms with Crippen molar-refractivity contribution in [3.8, 4) is 5.75 Å². The van der Waals surface area contributed by atoms with Crippen LogP contribution in [0.4, 0.5) is 0 Å². The summed E-state index contributed by atoms with van der Waals surface area (Å²) in [5.41, 5.74) is 0.676. The first-order valence-electron chi connectivity index (χ1n) is 6.45. The van der Waals surface area contributed by atoms with Crippen molar-refractivity contribution in [3.63, 3.8) is 0 Å². The van der Waals surface area contributed by atoms with Gasteiger partial charge in [-0.25, -0.2) is 0 Å². The normalized spacial score (nSPS) is 18.6. The second-order valence-corrected chi connectivity index (χ2v) is 4.57. The summed E-state index contributed by atoms with van der Waals surface area (Å²) in [5, 5.41) is 6.36. The maximum absolute atomic E-state index is 11.8. The van der Waals surface area contributed by atoms with Crippen LogP contribution in [0.25, 0.3) is 0 Å². The number of nitrogens with one attached hydrogen (secondary N) is 2. The summed E-state index contributed by atoms with van der Waals surface area (Å²) >= 11 is 0. The molecule has 18 heavy (non-hydrogen) atoms. The molecule has 4 nitrogen and oxygen atoms in total. The van der Waals surface area contributed by atoms with Gasteiger partial charge < -0.3 is 15.4 Å². The molecule has 1 aliphatic rings. The van der Waals surface area contributed by atoms with Crippen LogP contribution >= 0.6 is 0 Å². The van der Waals surface area contributed by atoms with Crippen LogP contribution in [-0.4, -0.2) is 32.1 Å². The Hall–Kier alpha value is -1.55. The molecule has 1 amide bonds. The van der Waals surface area contributed by atoms with E-state index >= 15 is 0 Å². The topological polar surface area (TPSA) is 50.4 Å². The van der Waals surface area contributed by atoms with E-state index < -0.39 is 0 Å². The molecule has 1 saturated heterocycles. The van der Waals surface area contributed by atoms with Gasteiger partial charge in [0.1, 0.15) is 5.75 Å². The molecule has 1 heterocycles. The van der Waals surface area contributed by atoms with E-state index in [9.17, 15) is 4.79 Å². The molecule has 1 aromatic rings. The average Bonchev–Trinajstić information content (AvgIpc) is 2.92. The Morgan fingerprint density at radius 2 is 2.22 bits per heavy atom. The minimum Gasteiger partial charge on any atom is -0.497 e. The molecule has 1 aromatic carbocycles. The summed E-state index contributed by atoms with van der Waals surface area (Å²) in [6, 6.07) is 7.73. The number of benzene rings is 1. The second-order valence-electron chi connectivity index (χ2n) is 4.57. The molecule has 0 spiro atoms. The van der Waals surface area contributed by atoms with Crippen LogP contribution in [-0.2, 0) is 0 Å². The number of methoxy groups -OCH3 is 1. The third-order valence-corrected chi connectivity index (χ3v) is 3.29. The lowest BCUT2D eigenvalue weighted by Gasteiger charge is -2.10. The number of carbonyl (C=O) groups excluding carboxylic acids is 1. The number of rotatable bonds is 5.